The minimum absolute atomic E-state index is 0.180. The lowest BCUT2D eigenvalue weighted by Gasteiger charge is -2.07. The maximum absolute atomic E-state index is 11.9. The predicted molar refractivity (Wildman–Crippen MR) is 97.6 cm³/mol. The van der Waals surface area contributed by atoms with E-state index in [1.807, 2.05) is 13.0 Å². The van der Waals surface area contributed by atoms with E-state index in [0.29, 0.717) is 29.6 Å². The Morgan fingerprint density at radius 3 is 2.88 bits per heavy atom. The quantitative estimate of drug-likeness (QED) is 0.549. The number of aryl methyl sites for hydroxylation is 1. The van der Waals surface area contributed by atoms with Crippen molar-refractivity contribution in [3.8, 4) is 5.75 Å². The molecule has 0 atom stereocenters. The van der Waals surface area contributed by atoms with E-state index >= 15 is 0 Å². The summed E-state index contributed by atoms with van der Waals surface area (Å²) in [4.78, 5) is 27.4. The Bertz CT molecular complexity index is 748. The maximum atomic E-state index is 11.9. The number of esters is 1. The van der Waals surface area contributed by atoms with Gasteiger partial charge in [0.1, 0.15) is 5.75 Å². The highest BCUT2D eigenvalue weighted by molar-refractivity contribution is 7.14. The van der Waals surface area contributed by atoms with E-state index in [0.717, 1.165) is 11.3 Å². The highest BCUT2D eigenvalue weighted by Gasteiger charge is 2.13. The molecule has 1 amide bonds. The number of aromatic nitrogens is 1. The number of hydrogen-bond donors (Lipinski definition) is 1. The van der Waals surface area contributed by atoms with Crippen LogP contribution in [-0.2, 0) is 9.53 Å². The molecule has 8 heteroatoms. The second-order valence-corrected chi connectivity index (χ2v) is 6.43. The van der Waals surface area contributed by atoms with Crippen LogP contribution >= 0.6 is 22.9 Å². The molecule has 0 aliphatic rings. The second-order valence-electron chi connectivity index (χ2n) is 5.17. The van der Waals surface area contributed by atoms with Gasteiger partial charge in [0, 0.05) is 16.8 Å². The van der Waals surface area contributed by atoms with Crippen molar-refractivity contribution < 1.29 is 19.1 Å². The molecule has 0 unspecified atom stereocenters. The normalized spacial score (nSPS) is 10.4. The van der Waals surface area contributed by atoms with Crippen LogP contribution in [0, 0.1) is 6.92 Å². The predicted octanol–water partition coefficient (Wildman–Crippen LogP) is 4.08. The summed E-state index contributed by atoms with van der Waals surface area (Å²) in [6, 6.07) is 5.43. The van der Waals surface area contributed by atoms with Crippen molar-refractivity contribution in [3.63, 3.8) is 0 Å². The SMILES string of the molecule is CCOC(=O)c1csc(NC(=O)CCCOc2ccc(Cl)c(C)c2)n1. The fourth-order valence-corrected chi connectivity index (χ4v) is 2.75. The van der Waals surface area contributed by atoms with Crippen LogP contribution in [0.5, 0.6) is 5.75 Å². The first kappa shape index (κ1) is 19.2. The summed E-state index contributed by atoms with van der Waals surface area (Å²) in [5.74, 6) is 0.0489. The molecule has 0 bridgehead atoms. The van der Waals surface area contributed by atoms with Crippen LogP contribution in [0.1, 0.15) is 35.8 Å². The molecule has 6 nitrogen and oxygen atoms in total. The largest absolute Gasteiger partial charge is 0.494 e. The summed E-state index contributed by atoms with van der Waals surface area (Å²) in [6.07, 6.45) is 0.852. The molecule has 1 heterocycles. The molecule has 1 aromatic carbocycles. The second kappa shape index (κ2) is 9.39. The molecule has 1 N–H and O–H groups in total. The van der Waals surface area contributed by atoms with E-state index in [1.54, 1.807) is 24.4 Å². The van der Waals surface area contributed by atoms with Gasteiger partial charge in [-0.05, 0) is 44.0 Å². The summed E-state index contributed by atoms with van der Waals surface area (Å²) in [7, 11) is 0. The molecule has 1 aromatic heterocycles. The first-order valence-electron chi connectivity index (χ1n) is 7.81. The van der Waals surface area contributed by atoms with E-state index in [1.165, 1.54) is 11.3 Å². The summed E-state index contributed by atoms with van der Waals surface area (Å²) in [5, 5.41) is 5.29. The minimum Gasteiger partial charge on any atom is -0.494 e. The molecule has 0 saturated carbocycles. The Morgan fingerprint density at radius 2 is 2.16 bits per heavy atom. The van der Waals surface area contributed by atoms with Crippen molar-refractivity contribution in [2.24, 2.45) is 0 Å². The van der Waals surface area contributed by atoms with Gasteiger partial charge >= 0.3 is 5.97 Å². The van der Waals surface area contributed by atoms with Gasteiger partial charge in [-0.15, -0.1) is 11.3 Å². The number of carbonyl (C=O) groups excluding carboxylic acids is 2. The number of anilines is 1. The van der Waals surface area contributed by atoms with Gasteiger partial charge in [0.2, 0.25) is 5.91 Å². The van der Waals surface area contributed by atoms with Crippen LogP contribution in [0.25, 0.3) is 0 Å². The minimum atomic E-state index is -0.495. The van der Waals surface area contributed by atoms with E-state index < -0.39 is 5.97 Å². The number of benzene rings is 1. The van der Waals surface area contributed by atoms with Crippen LogP contribution in [0.3, 0.4) is 0 Å². The molecular formula is C17H19ClN2O4S. The molecular weight excluding hydrogens is 364 g/mol. The van der Waals surface area contributed by atoms with E-state index in [2.05, 4.69) is 10.3 Å². The lowest BCUT2D eigenvalue weighted by atomic mass is 10.2. The number of ether oxygens (including phenoxy) is 2. The molecule has 0 saturated heterocycles. The number of nitrogens with zero attached hydrogens (tertiary/aromatic N) is 1. The summed E-state index contributed by atoms with van der Waals surface area (Å²) in [5.41, 5.74) is 1.14. The lowest BCUT2D eigenvalue weighted by Crippen LogP contribution is -2.13. The fraction of sp³-hybridized carbons (Fsp3) is 0.353. The van der Waals surface area contributed by atoms with Gasteiger partial charge in [0.15, 0.2) is 10.8 Å². The number of hydrogen-bond acceptors (Lipinski definition) is 6. The van der Waals surface area contributed by atoms with Crippen molar-refractivity contribution in [1.82, 2.24) is 4.98 Å². The molecule has 2 rings (SSSR count). The van der Waals surface area contributed by atoms with Crippen LogP contribution < -0.4 is 10.1 Å². The number of rotatable bonds is 8. The number of nitrogens with one attached hydrogen (secondary N) is 1. The van der Waals surface area contributed by atoms with Crippen molar-refractivity contribution in [2.75, 3.05) is 18.5 Å². The van der Waals surface area contributed by atoms with Crippen molar-refractivity contribution >= 4 is 39.9 Å². The monoisotopic (exact) mass is 382 g/mol. The highest BCUT2D eigenvalue weighted by Crippen LogP contribution is 2.21. The zero-order valence-electron chi connectivity index (χ0n) is 14.0. The number of carbonyl (C=O) groups is 2. The van der Waals surface area contributed by atoms with Crippen LogP contribution in [0.4, 0.5) is 5.13 Å². The van der Waals surface area contributed by atoms with Crippen molar-refractivity contribution in [2.45, 2.75) is 26.7 Å². The standard InChI is InChI=1S/C17H19ClN2O4S/c1-3-23-16(22)14-10-25-17(19-14)20-15(21)5-4-8-24-12-6-7-13(18)11(2)9-12/h6-7,9-10H,3-5,8H2,1-2H3,(H,19,20,21). The third-order valence-electron chi connectivity index (χ3n) is 3.18. The molecule has 0 aliphatic heterocycles. The molecule has 0 radical (unpaired) electrons. The highest BCUT2D eigenvalue weighted by atomic mass is 35.5. The van der Waals surface area contributed by atoms with Crippen molar-refractivity contribution in [3.05, 3.63) is 39.9 Å². The van der Waals surface area contributed by atoms with Crippen molar-refractivity contribution in [1.29, 1.82) is 0 Å². The van der Waals surface area contributed by atoms with E-state index in [9.17, 15) is 9.59 Å². The number of amides is 1. The van der Waals surface area contributed by atoms with Gasteiger partial charge < -0.3 is 14.8 Å². The average molecular weight is 383 g/mol. The Kier molecular flexibility index (Phi) is 7.21. The van der Waals surface area contributed by atoms with Crippen LogP contribution in [0.2, 0.25) is 5.02 Å². The smallest absolute Gasteiger partial charge is 0.357 e. The molecule has 0 spiro atoms. The van der Waals surface area contributed by atoms with E-state index in [4.69, 9.17) is 21.1 Å². The van der Waals surface area contributed by atoms with E-state index in [-0.39, 0.29) is 18.2 Å². The summed E-state index contributed by atoms with van der Waals surface area (Å²) >= 11 is 7.14. The Labute approximate surface area is 155 Å². The zero-order valence-corrected chi connectivity index (χ0v) is 15.6. The summed E-state index contributed by atoms with van der Waals surface area (Å²) < 4.78 is 10.4. The Balaban J connectivity index is 1.72. The fourth-order valence-electron chi connectivity index (χ4n) is 1.94. The van der Waals surface area contributed by atoms with Gasteiger partial charge in [-0.25, -0.2) is 9.78 Å². The van der Waals surface area contributed by atoms with Gasteiger partial charge in [0.25, 0.3) is 0 Å². The first-order chi connectivity index (χ1) is 12.0. The van der Waals surface area contributed by atoms with Gasteiger partial charge in [-0.3, -0.25) is 4.79 Å². The van der Waals surface area contributed by atoms with Gasteiger partial charge in [0.05, 0.1) is 13.2 Å². The zero-order chi connectivity index (χ0) is 18.2. The molecule has 0 fully saturated rings. The van der Waals surface area contributed by atoms with Gasteiger partial charge in [-0.2, -0.15) is 0 Å². The average Bonchev–Trinajstić information content (AvgIpc) is 3.03. The molecule has 2 aromatic rings. The molecule has 25 heavy (non-hydrogen) atoms. The lowest BCUT2D eigenvalue weighted by molar-refractivity contribution is -0.116. The number of thiazole rings is 1. The topological polar surface area (TPSA) is 77.5 Å². The van der Waals surface area contributed by atoms with Crippen LogP contribution in [0.15, 0.2) is 23.6 Å². The third kappa shape index (κ3) is 6.03. The van der Waals surface area contributed by atoms with Gasteiger partial charge in [-0.1, -0.05) is 11.6 Å². The molecule has 0 aliphatic carbocycles. The number of halogens is 1. The van der Waals surface area contributed by atoms with Crippen LogP contribution in [-0.4, -0.2) is 30.1 Å². The third-order valence-corrected chi connectivity index (χ3v) is 4.36. The Hall–Kier alpha value is -2.12. The first-order valence-corrected chi connectivity index (χ1v) is 9.06. The Morgan fingerprint density at radius 1 is 1.36 bits per heavy atom. The summed E-state index contributed by atoms with van der Waals surface area (Å²) in [6.45, 7) is 4.33. The molecule has 134 valence electrons. The maximum Gasteiger partial charge on any atom is 0.357 e.